The first-order valence-electron chi connectivity index (χ1n) is 7.22. The topological polar surface area (TPSA) is 55.6 Å². The van der Waals surface area contributed by atoms with Gasteiger partial charge in [0.15, 0.2) is 0 Å². The molecule has 0 unspecified atom stereocenters. The van der Waals surface area contributed by atoms with Crippen LogP contribution in [0.4, 0.5) is 5.69 Å². The highest BCUT2D eigenvalue weighted by Gasteiger charge is 2.30. The van der Waals surface area contributed by atoms with Crippen LogP contribution in [0.1, 0.15) is 43.5 Å². The molecular weight excluding hydrogens is 252 g/mol. The van der Waals surface area contributed by atoms with Crippen LogP contribution in [0, 0.1) is 5.41 Å². The fourth-order valence-electron chi connectivity index (χ4n) is 2.65. The van der Waals surface area contributed by atoms with E-state index >= 15 is 0 Å². The third kappa shape index (κ3) is 2.89. The lowest BCUT2D eigenvalue weighted by atomic mass is 9.78. The molecule has 1 aliphatic heterocycles. The standard InChI is InChI=1S/C16H24N2O2/c1-4-16(2)7-9-18(10-8-16)15(19)12-5-6-14(20-3)13(17)11-12/h5-6,11H,4,7-10,17H2,1-3H3. The first-order chi connectivity index (χ1) is 9.49. The summed E-state index contributed by atoms with van der Waals surface area (Å²) in [5, 5.41) is 0. The van der Waals surface area contributed by atoms with Gasteiger partial charge in [0.05, 0.1) is 12.8 Å². The highest BCUT2D eigenvalue weighted by Crippen LogP contribution is 2.34. The zero-order valence-corrected chi connectivity index (χ0v) is 12.6. The molecule has 2 N–H and O–H groups in total. The van der Waals surface area contributed by atoms with E-state index in [-0.39, 0.29) is 5.91 Å². The van der Waals surface area contributed by atoms with Crippen LogP contribution in [-0.4, -0.2) is 31.0 Å². The van der Waals surface area contributed by atoms with Crippen molar-refractivity contribution in [2.24, 2.45) is 5.41 Å². The van der Waals surface area contributed by atoms with E-state index in [1.165, 1.54) is 6.42 Å². The Morgan fingerprint density at radius 1 is 1.40 bits per heavy atom. The summed E-state index contributed by atoms with van der Waals surface area (Å²) in [5.74, 6) is 0.677. The van der Waals surface area contributed by atoms with Crippen LogP contribution in [0.15, 0.2) is 18.2 Å². The van der Waals surface area contributed by atoms with Gasteiger partial charge in [0.2, 0.25) is 0 Å². The molecule has 0 spiro atoms. The van der Waals surface area contributed by atoms with Gasteiger partial charge in [-0.05, 0) is 36.5 Å². The van der Waals surface area contributed by atoms with Gasteiger partial charge in [0.25, 0.3) is 5.91 Å². The van der Waals surface area contributed by atoms with Crippen molar-refractivity contribution in [2.45, 2.75) is 33.1 Å². The van der Waals surface area contributed by atoms with Crippen LogP contribution >= 0.6 is 0 Å². The Balaban J connectivity index is 2.07. The molecule has 20 heavy (non-hydrogen) atoms. The van der Waals surface area contributed by atoms with Crippen LogP contribution in [0.3, 0.4) is 0 Å². The number of carbonyl (C=O) groups excluding carboxylic acids is 1. The SMILES string of the molecule is CCC1(C)CCN(C(=O)c2ccc(OC)c(N)c2)CC1. The molecule has 0 aromatic heterocycles. The minimum atomic E-state index is 0.0671. The molecule has 1 fully saturated rings. The lowest BCUT2D eigenvalue weighted by Gasteiger charge is -2.39. The Morgan fingerprint density at radius 3 is 2.55 bits per heavy atom. The van der Waals surface area contributed by atoms with Crippen LogP contribution in [0.5, 0.6) is 5.75 Å². The van der Waals surface area contributed by atoms with Gasteiger partial charge in [0, 0.05) is 18.7 Å². The van der Waals surface area contributed by atoms with Crippen molar-refractivity contribution in [3.8, 4) is 5.75 Å². The van der Waals surface area contributed by atoms with Crippen molar-refractivity contribution in [2.75, 3.05) is 25.9 Å². The summed E-state index contributed by atoms with van der Waals surface area (Å²) in [6, 6.07) is 5.24. The number of amides is 1. The predicted molar refractivity (Wildman–Crippen MR) is 80.9 cm³/mol. The zero-order valence-electron chi connectivity index (χ0n) is 12.6. The Morgan fingerprint density at radius 2 is 2.05 bits per heavy atom. The molecule has 4 nitrogen and oxygen atoms in total. The third-order valence-electron chi connectivity index (χ3n) is 4.59. The number of likely N-dealkylation sites (tertiary alicyclic amines) is 1. The molecule has 0 saturated carbocycles. The highest BCUT2D eigenvalue weighted by atomic mass is 16.5. The molecule has 110 valence electrons. The minimum Gasteiger partial charge on any atom is -0.495 e. The van der Waals surface area contributed by atoms with E-state index in [1.807, 2.05) is 4.90 Å². The van der Waals surface area contributed by atoms with Gasteiger partial charge >= 0.3 is 0 Å². The van der Waals surface area contributed by atoms with Crippen molar-refractivity contribution in [1.82, 2.24) is 4.90 Å². The van der Waals surface area contributed by atoms with E-state index in [0.717, 1.165) is 25.9 Å². The number of piperidine rings is 1. The first-order valence-corrected chi connectivity index (χ1v) is 7.22. The molecule has 2 rings (SSSR count). The lowest BCUT2D eigenvalue weighted by molar-refractivity contribution is 0.0600. The number of benzene rings is 1. The molecule has 0 aliphatic carbocycles. The molecule has 0 bridgehead atoms. The number of nitrogen functional groups attached to an aromatic ring is 1. The lowest BCUT2D eigenvalue weighted by Crippen LogP contribution is -2.41. The minimum absolute atomic E-state index is 0.0671. The van der Waals surface area contributed by atoms with Gasteiger partial charge in [-0.3, -0.25) is 4.79 Å². The maximum Gasteiger partial charge on any atom is 0.253 e. The molecule has 4 heteroatoms. The fourth-order valence-corrected chi connectivity index (χ4v) is 2.65. The molecule has 1 heterocycles. The summed E-state index contributed by atoms with van der Waals surface area (Å²) < 4.78 is 5.12. The number of hydrogen-bond donors (Lipinski definition) is 1. The molecule has 0 radical (unpaired) electrons. The third-order valence-corrected chi connectivity index (χ3v) is 4.59. The number of nitrogens with zero attached hydrogens (tertiary/aromatic N) is 1. The second-order valence-corrected chi connectivity index (χ2v) is 5.91. The second-order valence-electron chi connectivity index (χ2n) is 5.91. The van der Waals surface area contributed by atoms with Crippen molar-refractivity contribution < 1.29 is 9.53 Å². The van der Waals surface area contributed by atoms with Crippen LogP contribution in [0.25, 0.3) is 0 Å². The summed E-state index contributed by atoms with van der Waals surface area (Å²) in [5.41, 5.74) is 7.40. The Kier molecular flexibility index (Phi) is 4.21. The van der Waals surface area contributed by atoms with E-state index < -0.39 is 0 Å². The molecule has 0 atom stereocenters. The monoisotopic (exact) mass is 276 g/mol. The van der Waals surface area contributed by atoms with Crippen molar-refractivity contribution in [3.05, 3.63) is 23.8 Å². The van der Waals surface area contributed by atoms with Crippen molar-refractivity contribution >= 4 is 11.6 Å². The van der Waals surface area contributed by atoms with Gasteiger partial charge in [-0.2, -0.15) is 0 Å². The number of methoxy groups -OCH3 is 1. The largest absolute Gasteiger partial charge is 0.495 e. The van der Waals surface area contributed by atoms with Crippen LogP contribution < -0.4 is 10.5 Å². The number of anilines is 1. The van der Waals surface area contributed by atoms with Gasteiger partial charge in [-0.15, -0.1) is 0 Å². The first kappa shape index (κ1) is 14.7. The van der Waals surface area contributed by atoms with E-state index in [2.05, 4.69) is 13.8 Å². The predicted octanol–water partition coefficient (Wildman–Crippen LogP) is 2.93. The van der Waals surface area contributed by atoms with Gasteiger partial charge in [-0.1, -0.05) is 20.3 Å². The number of rotatable bonds is 3. The molecule has 1 aromatic carbocycles. The average Bonchev–Trinajstić information content (AvgIpc) is 2.47. The summed E-state index contributed by atoms with van der Waals surface area (Å²) in [6.07, 6.45) is 3.31. The molecule has 1 saturated heterocycles. The van der Waals surface area contributed by atoms with Gasteiger partial charge in [-0.25, -0.2) is 0 Å². The molecular formula is C16H24N2O2. The second kappa shape index (κ2) is 5.73. The van der Waals surface area contributed by atoms with Crippen LogP contribution in [0.2, 0.25) is 0 Å². The number of hydrogen-bond acceptors (Lipinski definition) is 3. The normalized spacial score (nSPS) is 17.9. The Bertz CT molecular complexity index is 491. The summed E-state index contributed by atoms with van der Waals surface area (Å²) >= 11 is 0. The fraction of sp³-hybridized carbons (Fsp3) is 0.562. The Labute approximate surface area is 120 Å². The molecule has 1 aliphatic rings. The van der Waals surface area contributed by atoms with Gasteiger partial charge < -0.3 is 15.4 Å². The van der Waals surface area contributed by atoms with E-state index in [1.54, 1.807) is 25.3 Å². The number of nitrogens with two attached hydrogens (primary N) is 1. The number of carbonyl (C=O) groups is 1. The summed E-state index contributed by atoms with van der Waals surface area (Å²) in [7, 11) is 1.57. The maximum atomic E-state index is 12.5. The van der Waals surface area contributed by atoms with E-state index in [9.17, 15) is 4.79 Å². The van der Waals surface area contributed by atoms with Crippen molar-refractivity contribution in [3.63, 3.8) is 0 Å². The average molecular weight is 276 g/mol. The quantitative estimate of drug-likeness (QED) is 0.864. The molecule has 1 aromatic rings. The van der Waals surface area contributed by atoms with Gasteiger partial charge in [0.1, 0.15) is 5.75 Å². The van der Waals surface area contributed by atoms with E-state index in [0.29, 0.717) is 22.4 Å². The summed E-state index contributed by atoms with van der Waals surface area (Å²) in [4.78, 5) is 14.4. The Hall–Kier alpha value is -1.71. The van der Waals surface area contributed by atoms with Crippen LogP contribution in [-0.2, 0) is 0 Å². The smallest absolute Gasteiger partial charge is 0.253 e. The van der Waals surface area contributed by atoms with Crippen molar-refractivity contribution in [1.29, 1.82) is 0 Å². The number of ether oxygens (including phenoxy) is 1. The molecule has 1 amide bonds. The maximum absolute atomic E-state index is 12.5. The highest BCUT2D eigenvalue weighted by molar-refractivity contribution is 5.95. The van der Waals surface area contributed by atoms with E-state index in [4.69, 9.17) is 10.5 Å². The zero-order chi connectivity index (χ0) is 14.8. The summed E-state index contributed by atoms with van der Waals surface area (Å²) in [6.45, 7) is 6.19.